The van der Waals surface area contributed by atoms with Gasteiger partial charge in [-0.05, 0) is 37.8 Å². The van der Waals surface area contributed by atoms with E-state index in [1.807, 2.05) is 0 Å². The first-order valence-electron chi connectivity index (χ1n) is 8.74. The van der Waals surface area contributed by atoms with Crippen molar-refractivity contribution < 1.29 is 18.3 Å². The van der Waals surface area contributed by atoms with Gasteiger partial charge in [0.25, 0.3) is 0 Å². The van der Waals surface area contributed by atoms with E-state index in [1.54, 1.807) is 18.3 Å². The summed E-state index contributed by atoms with van der Waals surface area (Å²) in [5, 5.41) is 19.7. The Morgan fingerprint density at radius 3 is 2.63 bits per heavy atom. The molecule has 0 amide bonds. The Kier molecular flexibility index (Phi) is 4.47. The molecule has 1 aliphatic rings. The SMILES string of the molecule is O[C@H]1CC[C@H](Nc2nccc(-c3n[nH]c4c(C(F)(F)F)cccc34)n2)CC1. The third-order valence-electron chi connectivity index (χ3n) is 4.83. The lowest BCUT2D eigenvalue weighted by Crippen LogP contribution is -2.28. The highest BCUT2D eigenvalue weighted by atomic mass is 19.4. The highest BCUT2D eigenvalue weighted by Gasteiger charge is 2.33. The quantitative estimate of drug-likeness (QED) is 0.647. The van der Waals surface area contributed by atoms with Crippen molar-refractivity contribution >= 4 is 16.9 Å². The van der Waals surface area contributed by atoms with Crippen LogP contribution < -0.4 is 5.32 Å². The predicted octanol–water partition coefficient (Wildman–Crippen LogP) is 3.75. The van der Waals surface area contributed by atoms with Crippen molar-refractivity contribution in [3.8, 4) is 11.4 Å². The third-order valence-corrected chi connectivity index (χ3v) is 4.83. The van der Waals surface area contributed by atoms with E-state index < -0.39 is 11.7 Å². The van der Waals surface area contributed by atoms with Gasteiger partial charge in [0, 0.05) is 17.6 Å². The first-order chi connectivity index (χ1) is 12.9. The maximum atomic E-state index is 13.2. The summed E-state index contributed by atoms with van der Waals surface area (Å²) in [7, 11) is 0. The van der Waals surface area contributed by atoms with E-state index in [9.17, 15) is 18.3 Å². The lowest BCUT2D eigenvalue weighted by atomic mass is 9.93. The summed E-state index contributed by atoms with van der Waals surface area (Å²) >= 11 is 0. The van der Waals surface area contributed by atoms with Crippen LogP contribution in [0.2, 0.25) is 0 Å². The number of para-hydroxylation sites is 1. The fraction of sp³-hybridized carbons (Fsp3) is 0.389. The Labute approximate surface area is 152 Å². The van der Waals surface area contributed by atoms with Crippen LogP contribution in [0, 0.1) is 0 Å². The Balaban J connectivity index is 1.64. The number of nitrogens with one attached hydrogen (secondary N) is 2. The van der Waals surface area contributed by atoms with Crippen LogP contribution >= 0.6 is 0 Å². The molecule has 0 aliphatic heterocycles. The second-order valence-electron chi connectivity index (χ2n) is 6.71. The van der Waals surface area contributed by atoms with Crippen molar-refractivity contribution in [1.82, 2.24) is 20.2 Å². The molecule has 0 saturated heterocycles. The van der Waals surface area contributed by atoms with Crippen molar-refractivity contribution in [3.05, 3.63) is 36.0 Å². The molecular weight excluding hydrogens is 359 g/mol. The zero-order valence-electron chi connectivity index (χ0n) is 14.3. The monoisotopic (exact) mass is 377 g/mol. The molecule has 2 aromatic heterocycles. The highest BCUT2D eigenvalue weighted by molar-refractivity contribution is 5.94. The molecule has 0 atom stereocenters. The molecule has 4 rings (SSSR count). The molecule has 1 aromatic carbocycles. The van der Waals surface area contributed by atoms with Crippen molar-refractivity contribution in [2.24, 2.45) is 0 Å². The number of aliphatic hydroxyl groups excluding tert-OH is 1. The Hall–Kier alpha value is -2.68. The lowest BCUT2D eigenvalue weighted by molar-refractivity contribution is -0.136. The molecule has 1 aliphatic carbocycles. The molecule has 0 bridgehead atoms. The highest BCUT2D eigenvalue weighted by Crippen LogP contribution is 2.36. The second-order valence-corrected chi connectivity index (χ2v) is 6.71. The largest absolute Gasteiger partial charge is 0.418 e. The number of H-pyrrole nitrogens is 1. The van der Waals surface area contributed by atoms with E-state index in [0.29, 0.717) is 22.7 Å². The number of anilines is 1. The topological polar surface area (TPSA) is 86.7 Å². The standard InChI is InChI=1S/C18H18F3N5O/c19-18(20,21)13-3-1-2-12-15(13)25-26-16(12)14-8-9-22-17(24-14)23-10-4-6-11(27)7-5-10/h1-3,8-11,27H,4-7H2,(H,25,26)(H,22,23,24)/t10-,11-. The predicted molar refractivity (Wildman–Crippen MR) is 94.0 cm³/mol. The molecule has 1 fully saturated rings. The minimum Gasteiger partial charge on any atom is -0.393 e. The average molecular weight is 377 g/mol. The van der Waals surface area contributed by atoms with Crippen LogP contribution in [0.1, 0.15) is 31.2 Å². The maximum Gasteiger partial charge on any atom is 0.418 e. The van der Waals surface area contributed by atoms with Crippen LogP contribution in [-0.4, -0.2) is 37.4 Å². The zero-order chi connectivity index (χ0) is 19.0. The lowest BCUT2D eigenvalue weighted by Gasteiger charge is -2.26. The van der Waals surface area contributed by atoms with Crippen LogP contribution in [0.5, 0.6) is 0 Å². The molecular formula is C18H18F3N5O. The number of aromatic nitrogens is 4. The number of aliphatic hydroxyl groups is 1. The van der Waals surface area contributed by atoms with Crippen LogP contribution in [0.3, 0.4) is 0 Å². The van der Waals surface area contributed by atoms with E-state index in [-0.39, 0.29) is 17.7 Å². The van der Waals surface area contributed by atoms with E-state index in [4.69, 9.17) is 0 Å². The minimum atomic E-state index is -4.47. The van der Waals surface area contributed by atoms with Gasteiger partial charge in [-0.3, -0.25) is 5.10 Å². The number of rotatable bonds is 3. The first kappa shape index (κ1) is 17.7. The van der Waals surface area contributed by atoms with Crippen LogP contribution in [-0.2, 0) is 6.18 Å². The summed E-state index contributed by atoms with van der Waals surface area (Å²) in [6, 6.07) is 5.75. The summed E-state index contributed by atoms with van der Waals surface area (Å²) in [4.78, 5) is 8.62. The van der Waals surface area contributed by atoms with Gasteiger partial charge in [-0.2, -0.15) is 18.3 Å². The van der Waals surface area contributed by atoms with Gasteiger partial charge in [-0.25, -0.2) is 9.97 Å². The number of alkyl halides is 3. The number of benzene rings is 1. The number of aromatic amines is 1. The first-order valence-corrected chi connectivity index (χ1v) is 8.74. The molecule has 0 radical (unpaired) electrons. The van der Waals surface area contributed by atoms with Crippen molar-refractivity contribution in [1.29, 1.82) is 0 Å². The minimum absolute atomic E-state index is 0.0608. The van der Waals surface area contributed by atoms with E-state index in [0.717, 1.165) is 31.7 Å². The van der Waals surface area contributed by atoms with Crippen molar-refractivity contribution in [2.45, 2.75) is 44.0 Å². The molecule has 6 nitrogen and oxygen atoms in total. The Morgan fingerprint density at radius 2 is 1.89 bits per heavy atom. The Morgan fingerprint density at radius 1 is 1.11 bits per heavy atom. The molecule has 2 heterocycles. The van der Waals surface area contributed by atoms with Crippen molar-refractivity contribution in [3.63, 3.8) is 0 Å². The van der Waals surface area contributed by atoms with Gasteiger partial charge in [0.1, 0.15) is 5.69 Å². The van der Waals surface area contributed by atoms with Crippen LogP contribution in [0.4, 0.5) is 19.1 Å². The van der Waals surface area contributed by atoms with Gasteiger partial charge in [-0.15, -0.1) is 0 Å². The van der Waals surface area contributed by atoms with Crippen molar-refractivity contribution in [2.75, 3.05) is 5.32 Å². The Bertz CT molecular complexity index is 948. The molecule has 9 heteroatoms. The van der Waals surface area contributed by atoms with E-state index in [2.05, 4.69) is 25.5 Å². The van der Waals surface area contributed by atoms with E-state index >= 15 is 0 Å². The van der Waals surface area contributed by atoms with Gasteiger partial charge in [0.05, 0.1) is 22.9 Å². The molecule has 0 spiro atoms. The molecule has 27 heavy (non-hydrogen) atoms. The number of nitrogens with zero attached hydrogens (tertiary/aromatic N) is 3. The van der Waals surface area contributed by atoms with Gasteiger partial charge in [0.2, 0.25) is 5.95 Å². The summed E-state index contributed by atoms with van der Waals surface area (Å²) < 4.78 is 39.5. The molecule has 1 saturated carbocycles. The van der Waals surface area contributed by atoms with E-state index in [1.165, 1.54) is 6.07 Å². The van der Waals surface area contributed by atoms with Crippen LogP contribution in [0.25, 0.3) is 22.3 Å². The van der Waals surface area contributed by atoms with Gasteiger partial charge < -0.3 is 10.4 Å². The molecule has 142 valence electrons. The van der Waals surface area contributed by atoms with Gasteiger partial charge in [-0.1, -0.05) is 12.1 Å². The summed E-state index contributed by atoms with van der Waals surface area (Å²) in [6.07, 6.45) is -0.0923. The number of hydrogen-bond acceptors (Lipinski definition) is 5. The number of fused-ring (bicyclic) bond motifs is 1. The maximum absolute atomic E-state index is 13.2. The summed E-state index contributed by atoms with van der Waals surface area (Å²) in [6.45, 7) is 0. The van der Waals surface area contributed by atoms with Gasteiger partial charge in [0.15, 0.2) is 0 Å². The molecule has 0 unspecified atom stereocenters. The van der Waals surface area contributed by atoms with Crippen LogP contribution in [0.15, 0.2) is 30.5 Å². The summed E-state index contributed by atoms with van der Waals surface area (Å²) in [5.41, 5.74) is -0.0316. The van der Waals surface area contributed by atoms with Gasteiger partial charge >= 0.3 is 6.18 Å². The zero-order valence-corrected chi connectivity index (χ0v) is 14.3. The molecule has 3 aromatic rings. The smallest absolute Gasteiger partial charge is 0.393 e. The fourth-order valence-corrected chi connectivity index (χ4v) is 3.44. The third kappa shape index (κ3) is 3.59. The fourth-order valence-electron chi connectivity index (χ4n) is 3.44. The normalized spacial score (nSPS) is 20.7. The molecule has 3 N–H and O–H groups in total. The number of halogens is 3. The second kappa shape index (κ2) is 6.80. The number of hydrogen-bond donors (Lipinski definition) is 3. The average Bonchev–Trinajstić information content (AvgIpc) is 3.07. The summed E-state index contributed by atoms with van der Waals surface area (Å²) in [5.74, 6) is 0.400.